The monoisotopic (exact) mass is 207 g/mol. The number of aliphatic hydroxyl groups is 1. The van der Waals surface area contributed by atoms with Crippen LogP contribution in [0.2, 0.25) is 0 Å². The summed E-state index contributed by atoms with van der Waals surface area (Å²) in [5.74, 6) is 0. The van der Waals surface area contributed by atoms with E-state index < -0.39 is 0 Å². The molecule has 1 N–H and O–H groups in total. The fourth-order valence-electron chi connectivity index (χ4n) is 1.58. The van der Waals surface area contributed by atoms with Gasteiger partial charge >= 0.3 is 0 Å². The molecule has 2 heteroatoms. The van der Waals surface area contributed by atoms with Gasteiger partial charge in [0.15, 0.2) is 0 Å². The van der Waals surface area contributed by atoms with E-state index in [-0.39, 0.29) is 0 Å². The van der Waals surface area contributed by atoms with Gasteiger partial charge in [-0.1, -0.05) is 18.6 Å². The summed E-state index contributed by atoms with van der Waals surface area (Å²) in [4.78, 5) is 2.11. The van der Waals surface area contributed by atoms with Crippen LogP contribution in [0.25, 0.3) is 0 Å². The Morgan fingerprint density at radius 3 is 2.20 bits per heavy atom. The largest absolute Gasteiger partial charge is 0.396 e. The van der Waals surface area contributed by atoms with Crippen LogP contribution in [0.3, 0.4) is 0 Å². The minimum Gasteiger partial charge on any atom is -0.396 e. The normalized spacial score (nSPS) is 10.3. The summed E-state index contributed by atoms with van der Waals surface area (Å²) >= 11 is 0. The molecule has 0 radical (unpaired) electrons. The first kappa shape index (κ1) is 12.1. The maximum atomic E-state index is 8.66. The van der Waals surface area contributed by atoms with Crippen molar-refractivity contribution >= 4 is 5.69 Å². The molecule has 1 rings (SSSR count). The predicted octanol–water partition coefficient (Wildman–Crippen LogP) is 2.46. The number of unbranched alkanes of at least 4 members (excludes halogenated alkanes) is 2. The Kier molecular flexibility index (Phi) is 5.19. The van der Waals surface area contributed by atoms with Crippen LogP contribution in [-0.2, 0) is 6.42 Å². The summed E-state index contributed by atoms with van der Waals surface area (Å²) in [6, 6.07) is 8.69. The van der Waals surface area contributed by atoms with Crippen molar-refractivity contribution in [2.45, 2.75) is 25.7 Å². The second kappa shape index (κ2) is 6.46. The highest BCUT2D eigenvalue weighted by atomic mass is 16.2. The molecule has 0 saturated heterocycles. The van der Waals surface area contributed by atoms with E-state index >= 15 is 0 Å². The molecule has 0 heterocycles. The standard InChI is InChI=1S/C13H21NO/c1-14(2)13-9-7-12(8-10-13)6-4-3-5-11-15/h7-10,15H,3-6,11H2,1-2H3. The number of nitrogens with zero attached hydrogens (tertiary/aromatic N) is 1. The van der Waals surface area contributed by atoms with Crippen LogP contribution in [0, 0.1) is 0 Å². The van der Waals surface area contributed by atoms with Gasteiger partial charge in [0.25, 0.3) is 0 Å². The number of rotatable bonds is 6. The summed E-state index contributed by atoms with van der Waals surface area (Å²) < 4.78 is 0. The van der Waals surface area contributed by atoms with Crippen molar-refractivity contribution in [3.8, 4) is 0 Å². The van der Waals surface area contributed by atoms with Crippen molar-refractivity contribution in [2.24, 2.45) is 0 Å². The predicted molar refractivity (Wildman–Crippen MR) is 65.4 cm³/mol. The van der Waals surface area contributed by atoms with Crippen LogP contribution >= 0.6 is 0 Å². The van der Waals surface area contributed by atoms with E-state index in [1.807, 2.05) is 0 Å². The van der Waals surface area contributed by atoms with Gasteiger partial charge in [-0.2, -0.15) is 0 Å². The number of hydrogen-bond donors (Lipinski definition) is 1. The Morgan fingerprint density at radius 1 is 1.00 bits per heavy atom. The zero-order chi connectivity index (χ0) is 11.1. The minimum atomic E-state index is 0.319. The van der Waals surface area contributed by atoms with Gasteiger partial charge in [-0.15, -0.1) is 0 Å². The smallest absolute Gasteiger partial charge is 0.0431 e. The molecule has 0 aliphatic rings. The zero-order valence-electron chi connectivity index (χ0n) is 9.74. The molecule has 0 fully saturated rings. The molecule has 0 bridgehead atoms. The molecule has 0 aliphatic heterocycles. The lowest BCUT2D eigenvalue weighted by atomic mass is 10.1. The lowest BCUT2D eigenvalue weighted by Gasteiger charge is -2.12. The lowest BCUT2D eigenvalue weighted by molar-refractivity contribution is 0.283. The quantitative estimate of drug-likeness (QED) is 0.724. The molecule has 0 spiro atoms. The van der Waals surface area contributed by atoms with Crippen LogP contribution in [0.1, 0.15) is 24.8 Å². The number of hydrogen-bond acceptors (Lipinski definition) is 2. The zero-order valence-corrected chi connectivity index (χ0v) is 9.74. The maximum absolute atomic E-state index is 8.66. The first-order valence-electron chi connectivity index (χ1n) is 5.61. The van der Waals surface area contributed by atoms with E-state index in [1.165, 1.54) is 17.7 Å². The van der Waals surface area contributed by atoms with Crippen LogP contribution in [0.15, 0.2) is 24.3 Å². The van der Waals surface area contributed by atoms with E-state index in [0.29, 0.717) is 6.61 Å². The van der Waals surface area contributed by atoms with Crippen LogP contribution in [0.5, 0.6) is 0 Å². The Bertz CT molecular complexity index is 266. The van der Waals surface area contributed by atoms with Gasteiger partial charge in [-0.05, 0) is 37.0 Å². The summed E-state index contributed by atoms with van der Waals surface area (Å²) in [5, 5.41) is 8.66. The van der Waals surface area contributed by atoms with Crippen molar-refractivity contribution in [1.29, 1.82) is 0 Å². The minimum absolute atomic E-state index is 0.319. The average molecular weight is 207 g/mol. The van der Waals surface area contributed by atoms with Crippen molar-refractivity contribution in [3.05, 3.63) is 29.8 Å². The highest BCUT2D eigenvalue weighted by molar-refractivity contribution is 5.45. The average Bonchev–Trinajstić information content (AvgIpc) is 2.25. The van der Waals surface area contributed by atoms with Crippen molar-refractivity contribution in [2.75, 3.05) is 25.6 Å². The molecule has 0 amide bonds. The second-order valence-electron chi connectivity index (χ2n) is 4.10. The first-order valence-corrected chi connectivity index (χ1v) is 5.61. The maximum Gasteiger partial charge on any atom is 0.0431 e. The van der Waals surface area contributed by atoms with Gasteiger partial charge < -0.3 is 10.0 Å². The SMILES string of the molecule is CN(C)c1ccc(CCCCCO)cc1. The molecule has 84 valence electrons. The molecule has 1 aromatic rings. The third kappa shape index (κ3) is 4.34. The van der Waals surface area contributed by atoms with E-state index in [0.717, 1.165) is 19.3 Å². The van der Waals surface area contributed by atoms with Crippen LogP contribution < -0.4 is 4.90 Å². The molecule has 0 aromatic heterocycles. The Hall–Kier alpha value is -1.02. The highest BCUT2D eigenvalue weighted by Crippen LogP contribution is 2.14. The van der Waals surface area contributed by atoms with Gasteiger partial charge in [0.2, 0.25) is 0 Å². The Balaban J connectivity index is 2.36. The van der Waals surface area contributed by atoms with Gasteiger partial charge in [0.05, 0.1) is 0 Å². The number of aliphatic hydroxyl groups excluding tert-OH is 1. The van der Waals surface area contributed by atoms with Crippen molar-refractivity contribution < 1.29 is 5.11 Å². The molecular formula is C13H21NO. The third-order valence-corrected chi connectivity index (χ3v) is 2.58. The molecule has 0 unspecified atom stereocenters. The van der Waals surface area contributed by atoms with E-state index in [2.05, 4.69) is 43.3 Å². The van der Waals surface area contributed by atoms with Gasteiger partial charge in [-0.3, -0.25) is 0 Å². The summed E-state index contributed by atoms with van der Waals surface area (Å²) in [6.45, 7) is 0.319. The molecule has 0 aliphatic carbocycles. The molecule has 1 aromatic carbocycles. The lowest BCUT2D eigenvalue weighted by Crippen LogP contribution is -2.08. The van der Waals surface area contributed by atoms with Gasteiger partial charge in [0.1, 0.15) is 0 Å². The van der Waals surface area contributed by atoms with Crippen LogP contribution in [-0.4, -0.2) is 25.8 Å². The first-order chi connectivity index (χ1) is 7.24. The number of aryl methyl sites for hydroxylation is 1. The third-order valence-electron chi connectivity index (χ3n) is 2.58. The summed E-state index contributed by atoms with van der Waals surface area (Å²) in [5.41, 5.74) is 2.63. The number of benzene rings is 1. The fraction of sp³-hybridized carbons (Fsp3) is 0.538. The van der Waals surface area contributed by atoms with Gasteiger partial charge in [0, 0.05) is 26.4 Å². The Morgan fingerprint density at radius 2 is 1.67 bits per heavy atom. The molecule has 15 heavy (non-hydrogen) atoms. The van der Waals surface area contributed by atoms with Crippen molar-refractivity contribution in [1.82, 2.24) is 0 Å². The summed E-state index contributed by atoms with van der Waals surface area (Å²) in [7, 11) is 4.10. The van der Waals surface area contributed by atoms with Gasteiger partial charge in [-0.25, -0.2) is 0 Å². The molecular weight excluding hydrogens is 186 g/mol. The topological polar surface area (TPSA) is 23.5 Å². The molecule has 2 nitrogen and oxygen atoms in total. The molecule has 0 atom stereocenters. The van der Waals surface area contributed by atoms with E-state index in [4.69, 9.17) is 5.11 Å². The Labute approximate surface area is 92.5 Å². The summed E-state index contributed by atoms with van der Waals surface area (Å²) in [6.07, 6.45) is 4.33. The van der Waals surface area contributed by atoms with Crippen molar-refractivity contribution in [3.63, 3.8) is 0 Å². The highest BCUT2D eigenvalue weighted by Gasteiger charge is 1.96. The van der Waals surface area contributed by atoms with E-state index in [1.54, 1.807) is 0 Å². The fourth-order valence-corrected chi connectivity index (χ4v) is 1.58. The van der Waals surface area contributed by atoms with Crippen LogP contribution in [0.4, 0.5) is 5.69 Å². The second-order valence-corrected chi connectivity index (χ2v) is 4.10. The molecule has 0 saturated carbocycles. The number of anilines is 1. The van der Waals surface area contributed by atoms with E-state index in [9.17, 15) is 0 Å².